The summed E-state index contributed by atoms with van der Waals surface area (Å²) in [4.78, 5) is 5.27. The van der Waals surface area contributed by atoms with E-state index < -0.39 is 0 Å². The number of hydrogen-bond acceptors (Lipinski definition) is 4. The molecule has 1 aromatic rings. The molecule has 94 valence electrons. The molecule has 0 saturated heterocycles. The molecule has 3 atom stereocenters. The van der Waals surface area contributed by atoms with E-state index in [9.17, 15) is 5.11 Å². The van der Waals surface area contributed by atoms with Crippen LogP contribution in [0.4, 0.5) is 5.13 Å². The standard InChI is InChI=1S/C13H20N2OS/c1-2-3-11-12(16)15-13(17-11)14-10-7-8-4-5-9(10)6-8/h8-10,16H,2-7H2,1H3,(H,14,15). The molecule has 2 saturated carbocycles. The second-order valence-electron chi connectivity index (χ2n) is 5.44. The highest BCUT2D eigenvalue weighted by Crippen LogP contribution is 2.46. The van der Waals surface area contributed by atoms with Crippen LogP contribution in [0.15, 0.2) is 0 Å². The van der Waals surface area contributed by atoms with Crippen molar-refractivity contribution in [2.45, 2.75) is 51.5 Å². The molecule has 3 unspecified atom stereocenters. The Hall–Kier alpha value is -0.770. The van der Waals surface area contributed by atoms with Gasteiger partial charge in [0.15, 0.2) is 5.13 Å². The first-order chi connectivity index (χ1) is 8.26. The Balaban J connectivity index is 1.67. The van der Waals surface area contributed by atoms with E-state index in [2.05, 4.69) is 17.2 Å². The topological polar surface area (TPSA) is 45.2 Å². The van der Waals surface area contributed by atoms with Gasteiger partial charge >= 0.3 is 0 Å². The fourth-order valence-electron chi connectivity index (χ4n) is 3.38. The molecule has 0 aliphatic heterocycles. The smallest absolute Gasteiger partial charge is 0.227 e. The van der Waals surface area contributed by atoms with Gasteiger partial charge in [0.2, 0.25) is 5.88 Å². The lowest BCUT2D eigenvalue weighted by atomic mass is 9.96. The quantitative estimate of drug-likeness (QED) is 0.863. The van der Waals surface area contributed by atoms with Gasteiger partial charge in [0.1, 0.15) is 0 Å². The summed E-state index contributed by atoms with van der Waals surface area (Å²) in [6.45, 7) is 2.13. The van der Waals surface area contributed by atoms with E-state index in [1.807, 2.05) is 0 Å². The minimum atomic E-state index is 0.238. The van der Waals surface area contributed by atoms with Crippen LogP contribution in [0.5, 0.6) is 5.88 Å². The monoisotopic (exact) mass is 252 g/mol. The molecule has 17 heavy (non-hydrogen) atoms. The van der Waals surface area contributed by atoms with Crippen molar-refractivity contribution in [3.63, 3.8) is 0 Å². The van der Waals surface area contributed by atoms with Crippen molar-refractivity contribution >= 4 is 16.5 Å². The molecule has 3 nitrogen and oxygen atoms in total. The predicted octanol–water partition coefficient (Wildman–Crippen LogP) is 3.40. The molecule has 2 aliphatic carbocycles. The molecule has 2 N–H and O–H groups in total. The molecule has 2 fully saturated rings. The van der Waals surface area contributed by atoms with Crippen LogP contribution in [-0.4, -0.2) is 16.1 Å². The van der Waals surface area contributed by atoms with Gasteiger partial charge in [0, 0.05) is 6.04 Å². The molecule has 4 heteroatoms. The summed E-state index contributed by atoms with van der Waals surface area (Å²) in [5, 5.41) is 14.2. The molecular weight excluding hydrogens is 232 g/mol. The summed E-state index contributed by atoms with van der Waals surface area (Å²) in [6, 6.07) is 0.605. The first kappa shape index (κ1) is 11.3. The molecule has 2 bridgehead atoms. The number of rotatable bonds is 4. The Morgan fingerprint density at radius 3 is 2.94 bits per heavy atom. The van der Waals surface area contributed by atoms with Crippen molar-refractivity contribution < 1.29 is 5.11 Å². The fraction of sp³-hybridized carbons (Fsp3) is 0.769. The highest BCUT2D eigenvalue weighted by atomic mass is 32.1. The third kappa shape index (κ3) is 2.15. The van der Waals surface area contributed by atoms with Crippen molar-refractivity contribution in [3.05, 3.63) is 4.88 Å². The maximum Gasteiger partial charge on any atom is 0.227 e. The molecule has 2 aliphatic rings. The van der Waals surface area contributed by atoms with Crippen LogP contribution in [0.1, 0.15) is 43.9 Å². The van der Waals surface area contributed by atoms with Crippen molar-refractivity contribution in [2.24, 2.45) is 11.8 Å². The summed E-state index contributed by atoms with van der Waals surface area (Å²) in [6.07, 6.45) is 7.49. The molecule has 0 aromatic carbocycles. The van der Waals surface area contributed by atoms with Gasteiger partial charge in [-0.25, -0.2) is 0 Å². The Labute approximate surface area is 106 Å². The summed E-state index contributed by atoms with van der Waals surface area (Å²) >= 11 is 1.63. The van der Waals surface area contributed by atoms with E-state index in [-0.39, 0.29) is 5.88 Å². The van der Waals surface area contributed by atoms with E-state index in [0.29, 0.717) is 6.04 Å². The Morgan fingerprint density at radius 1 is 1.41 bits per heavy atom. The van der Waals surface area contributed by atoms with Gasteiger partial charge in [-0.05, 0) is 37.5 Å². The van der Waals surface area contributed by atoms with Crippen LogP contribution in [0.3, 0.4) is 0 Å². The van der Waals surface area contributed by atoms with Gasteiger partial charge in [-0.1, -0.05) is 31.1 Å². The van der Waals surface area contributed by atoms with E-state index in [1.165, 1.54) is 25.7 Å². The first-order valence-electron chi connectivity index (χ1n) is 6.71. The lowest BCUT2D eigenvalue weighted by molar-refractivity contribution is 0.436. The summed E-state index contributed by atoms with van der Waals surface area (Å²) in [5.74, 6) is 2.03. The van der Waals surface area contributed by atoms with Crippen LogP contribution in [0.25, 0.3) is 0 Å². The zero-order valence-corrected chi connectivity index (χ0v) is 11.1. The Bertz CT molecular complexity index is 404. The second-order valence-corrected chi connectivity index (χ2v) is 6.53. The van der Waals surface area contributed by atoms with Crippen LogP contribution < -0.4 is 5.32 Å². The minimum Gasteiger partial charge on any atom is -0.492 e. The lowest BCUT2D eigenvalue weighted by Crippen LogP contribution is -2.25. The average Bonchev–Trinajstić information content (AvgIpc) is 2.96. The second kappa shape index (κ2) is 4.48. The van der Waals surface area contributed by atoms with E-state index in [4.69, 9.17) is 0 Å². The van der Waals surface area contributed by atoms with Crippen LogP contribution in [0, 0.1) is 11.8 Å². The van der Waals surface area contributed by atoms with Gasteiger partial charge in [0.25, 0.3) is 0 Å². The van der Waals surface area contributed by atoms with Crippen molar-refractivity contribution in [3.8, 4) is 5.88 Å². The van der Waals surface area contributed by atoms with Gasteiger partial charge in [0.05, 0.1) is 4.88 Å². The fourth-order valence-corrected chi connectivity index (χ4v) is 4.39. The van der Waals surface area contributed by atoms with Gasteiger partial charge in [-0.3, -0.25) is 0 Å². The average molecular weight is 252 g/mol. The van der Waals surface area contributed by atoms with Crippen molar-refractivity contribution in [2.75, 3.05) is 5.32 Å². The van der Waals surface area contributed by atoms with Gasteiger partial charge in [-0.2, -0.15) is 4.98 Å². The number of aromatic hydroxyl groups is 1. The van der Waals surface area contributed by atoms with E-state index in [1.54, 1.807) is 11.3 Å². The van der Waals surface area contributed by atoms with Crippen molar-refractivity contribution in [1.82, 2.24) is 4.98 Å². The SMILES string of the molecule is CCCc1sc(NC2CC3CCC2C3)nc1O. The third-order valence-corrected chi connectivity index (χ3v) is 5.24. The maximum absolute atomic E-state index is 9.73. The molecule has 3 rings (SSSR count). The Morgan fingerprint density at radius 2 is 2.29 bits per heavy atom. The van der Waals surface area contributed by atoms with Crippen LogP contribution >= 0.6 is 11.3 Å². The number of anilines is 1. The number of fused-ring (bicyclic) bond motifs is 2. The Kier molecular flexibility index (Phi) is 2.99. The van der Waals surface area contributed by atoms with E-state index >= 15 is 0 Å². The van der Waals surface area contributed by atoms with Gasteiger partial charge in [-0.15, -0.1) is 0 Å². The molecule has 1 aromatic heterocycles. The maximum atomic E-state index is 9.73. The number of nitrogens with one attached hydrogen (secondary N) is 1. The summed E-state index contributed by atoms with van der Waals surface area (Å²) in [7, 11) is 0. The zero-order chi connectivity index (χ0) is 11.8. The summed E-state index contributed by atoms with van der Waals surface area (Å²) in [5.41, 5.74) is 0. The molecule has 0 radical (unpaired) electrons. The largest absolute Gasteiger partial charge is 0.492 e. The number of thiazole rings is 1. The summed E-state index contributed by atoms with van der Waals surface area (Å²) < 4.78 is 0. The third-order valence-electron chi connectivity index (χ3n) is 4.20. The van der Waals surface area contributed by atoms with Crippen molar-refractivity contribution in [1.29, 1.82) is 0 Å². The molecule has 1 heterocycles. The minimum absolute atomic E-state index is 0.238. The highest BCUT2D eigenvalue weighted by molar-refractivity contribution is 7.15. The highest BCUT2D eigenvalue weighted by Gasteiger charge is 2.39. The zero-order valence-electron chi connectivity index (χ0n) is 10.3. The number of hydrogen-bond donors (Lipinski definition) is 2. The van der Waals surface area contributed by atoms with Crippen LogP contribution in [0.2, 0.25) is 0 Å². The number of aromatic nitrogens is 1. The molecule has 0 spiro atoms. The van der Waals surface area contributed by atoms with Crippen LogP contribution in [-0.2, 0) is 6.42 Å². The van der Waals surface area contributed by atoms with Gasteiger partial charge < -0.3 is 10.4 Å². The lowest BCUT2D eigenvalue weighted by Gasteiger charge is -2.22. The number of aryl methyl sites for hydroxylation is 1. The number of nitrogens with zero attached hydrogens (tertiary/aromatic N) is 1. The molecular formula is C13H20N2OS. The first-order valence-corrected chi connectivity index (χ1v) is 7.53. The van der Waals surface area contributed by atoms with E-state index in [0.717, 1.165) is 34.7 Å². The normalized spacial score (nSPS) is 31.0. The molecule has 0 amide bonds. The predicted molar refractivity (Wildman–Crippen MR) is 70.6 cm³/mol.